The summed E-state index contributed by atoms with van der Waals surface area (Å²) in [6.45, 7) is 0. The number of rotatable bonds is 0. The summed E-state index contributed by atoms with van der Waals surface area (Å²) in [7, 11) is 0. The summed E-state index contributed by atoms with van der Waals surface area (Å²) >= 11 is 0. The monoisotopic (exact) mass is 359 g/mol. The molecule has 0 atom stereocenters. The van der Waals surface area contributed by atoms with E-state index in [1.807, 2.05) is 0 Å². The number of hydrogen-bond acceptors (Lipinski definition) is 0. The second kappa shape index (κ2) is 26.3. The summed E-state index contributed by atoms with van der Waals surface area (Å²) in [6.07, 6.45) is 0. The van der Waals surface area contributed by atoms with Gasteiger partial charge in [0.2, 0.25) is 0 Å². The van der Waals surface area contributed by atoms with Crippen LogP contribution in [0.25, 0.3) is 0 Å². The first-order chi connectivity index (χ1) is 0. The van der Waals surface area contributed by atoms with Crippen molar-refractivity contribution >= 4 is 17.4 Å². The van der Waals surface area contributed by atoms with Crippen LogP contribution < -0.4 is 0 Å². The fraction of sp³-hybridized carbons (Fsp3) is 0. The molecule has 0 rings (SSSR count). The molecule has 0 heterocycles. The van der Waals surface area contributed by atoms with E-state index in [1.54, 1.807) is 0 Å². The fourth-order valence-corrected chi connectivity index (χ4v) is 0. The molecule has 5 heteroatoms. The SMILES string of the molecule is [AlH3].[Cr].[Cu].[Mn].[Tb]. The third kappa shape index (κ3) is 18.7. The summed E-state index contributed by atoms with van der Waals surface area (Å²) in [5.74, 6) is 0. The van der Waals surface area contributed by atoms with Crippen LogP contribution in [0.5, 0.6) is 0 Å². The second-order valence-corrected chi connectivity index (χ2v) is 0. The van der Waals surface area contributed by atoms with Gasteiger partial charge >= 0.3 is 0 Å². The molecule has 0 aromatic rings. The van der Waals surface area contributed by atoms with Crippen LogP contribution in [-0.4, -0.2) is 17.4 Å². The van der Waals surface area contributed by atoms with Gasteiger partial charge in [-0.2, -0.15) is 0 Å². The molecular formula is H3AlCrCuMnTb. The van der Waals surface area contributed by atoms with Crippen molar-refractivity contribution in [3.63, 3.8) is 0 Å². The van der Waals surface area contributed by atoms with Gasteiger partial charge in [-0.15, -0.1) is 0 Å². The van der Waals surface area contributed by atoms with Gasteiger partial charge in [0.1, 0.15) is 0 Å². The van der Waals surface area contributed by atoms with E-state index in [1.165, 1.54) is 0 Å². The van der Waals surface area contributed by atoms with Crippen LogP contribution >= 0.6 is 0 Å². The molecule has 0 fully saturated rings. The first-order valence-corrected chi connectivity index (χ1v) is 0. The van der Waals surface area contributed by atoms with Crippen molar-refractivity contribution in [3.8, 4) is 0 Å². The Morgan fingerprint density at radius 1 is 1.00 bits per heavy atom. The zero-order valence-electron chi connectivity index (χ0n) is 1.42. The molecule has 0 saturated carbocycles. The van der Waals surface area contributed by atoms with Crippen LogP contribution in [0.2, 0.25) is 0 Å². The number of hydrogen-bond donors (Lipinski definition) is 0. The van der Waals surface area contributed by atoms with E-state index in [4.69, 9.17) is 0 Å². The molecule has 0 nitrogen and oxygen atoms in total. The normalized spacial score (nSPS) is 0. The van der Waals surface area contributed by atoms with Crippen molar-refractivity contribution < 1.29 is 90.1 Å². The predicted octanol–water partition coefficient (Wildman–Crippen LogP) is -1.19. The average Bonchev–Trinajstić information content (AvgIpc) is 0. The van der Waals surface area contributed by atoms with Crippen LogP contribution in [-0.2, 0) is 51.5 Å². The van der Waals surface area contributed by atoms with Crippen molar-refractivity contribution in [2.75, 3.05) is 0 Å². The van der Waals surface area contributed by atoms with Gasteiger partial charge in [-0.1, -0.05) is 0 Å². The first-order valence-electron chi connectivity index (χ1n) is 0. The van der Waals surface area contributed by atoms with E-state index in [2.05, 4.69) is 0 Å². The molecule has 0 bridgehead atoms. The standard InChI is InChI=1S/Al.Cr.Cu.Mn.Tb.3H. The van der Waals surface area contributed by atoms with Gasteiger partial charge in [0.15, 0.2) is 17.4 Å². The Bertz CT molecular complexity index is 11.6. The molecule has 0 aliphatic carbocycles. The third-order valence-electron chi connectivity index (χ3n) is 0. The summed E-state index contributed by atoms with van der Waals surface area (Å²) in [5, 5.41) is 0. The Balaban J connectivity index is 0. The van der Waals surface area contributed by atoms with Crippen molar-refractivity contribution in [2.24, 2.45) is 0 Å². The zero-order valence-corrected chi connectivity index (χ0v) is 6.96. The van der Waals surface area contributed by atoms with E-state index in [9.17, 15) is 0 Å². The van der Waals surface area contributed by atoms with Crippen molar-refractivity contribution in [1.82, 2.24) is 0 Å². The Hall–Kier alpha value is 3.39. The molecule has 0 amide bonds. The van der Waals surface area contributed by atoms with E-state index in [0.717, 1.165) is 0 Å². The van der Waals surface area contributed by atoms with Crippen LogP contribution in [0, 0.1) is 38.6 Å². The molecule has 0 spiro atoms. The third-order valence-corrected chi connectivity index (χ3v) is 0. The van der Waals surface area contributed by atoms with Crippen LogP contribution in [0.3, 0.4) is 0 Å². The van der Waals surface area contributed by atoms with E-state index >= 15 is 0 Å². The second-order valence-electron chi connectivity index (χ2n) is 0. The Labute approximate surface area is 105 Å². The Morgan fingerprint density at radius 2 is 1.00 bits per heavy atom. The first kappa shape index (κ1) is 39.9. The maximum Gasteiger partial charge on any atom is 0.187 e. The van der Waals surface area contributed by atoms with Gasteiger partial charge in [0.05, 0.1) is 0 Å². The molecule has 39 valence electrons. The quantitative estimate of drug-likeness (QED) is 0.477. The van der Waals surface area contributed by atoms with Crippen molar-refractivity contribution in [3.05, 3.63) is 0 Å². The van der Waals surface area contributed by atoms with Gasteiger partial charge in [-0.05, 0) is 0 Å². The molecule has 0 aliphatic heterocycles. The van der Waals surface area contributed by atoms with E-state index in [0.29, 0.717) is 0 Å². The van der Waals surface area contributed by atoms with Crippen molar-refractivity contribution in [2.45, 2.75) is 0 Å². The van der Waals surface area contributed by atoms with Gasteiger partial charge in [0.25, 0.3) is 0 Å². The molecule has 0 aromatic carbocycles. The average molecular weight is 359 g/mol. The fourth-order valence-electron chi connectivity index (χ4n) is 0. The maximum absolute atomic E-state index is 0. The molecule has 3 radical (unpaired) electrons. The molecule has 0 saturated heterocycles. The van der Waals surface area contributed by atoms with Crippen LogP contribution in [0.15, 0.2) is 0 Å². The van der Waals surface area contributed by atoms with Gasteiger partial charge in [-0.25, -0.2) is 0 Å². The predicted molar refractivity (Wildman–Crippen MR) is 9.94 cm³/mol. The van der Waals surface area contributed by atoms with Crippen LogP contribution in [0.1, 0.15) is 0 Å². The van der Waals surface area contributed by atoms with Gasteiger partial charge < -0.3 is 0 Å². The van der Waals surface area contributed by atoms with E-state index < -0.39 is 0 Å². The maximum atomic E-state index is 0. The minimum atomic E-state index is 0. The molecule has 0 aliphatic rings. The summed E-state index contributed by atoms with van der Waals surface area (Å²) in [6, 6.07) is 0. The van der Waals surface area contributed by atoms with Crippen LogP contribution in [0.4, 0.5) is 0 Å². The van der Waals surface area contributed by atoms with Crippen molar-refractivity contribution in [1.29, 1.82) is 0 Å². The summed E-state index contributed by atoms with van der Waals surface area (Å²) in [4.78, 5) is 0. The van der Waals surface area contributed by atoms with Gasteiger partial charge in [0, 0.05) is 90.1 Å². The largest absolute Gasteiger partial charge is 0.187 e. The minimum Gasteiger partial charge on any atom is 0 e. The molecule has 0 unspecified atom stereocenters. The molecular weight excluding hydrogens is 356 g/mol. The van der Waals surface area contributed by atoms with Gasteiger partial charge in [-0.3, -0.25) is 0 Å². The Kier molecular flexibility index (Phi) is 209. The zero-order chi connectivity index (χ0) is 0. The summed E-state index contributed by atoms with van der Waals surface area (Å²) in [5.41, 5.74) is 0. The topological polar surface area (TPSA) is 0 Å². The molecule has 5 heavy (non-hydrogen) atoms. The summed E-state index contributed by atoms with van der Waals surface area (Å²) < 4.78 is 0. The smallest absolute Gasteiger partial charge is 0 e. The van der Waals surface area contributed by atoms with E-state index in [-0.39, 0.29) is 107 Å². The molecule has 0 aromatic heterocycles. The minimum absolute atomic E-state index is 0. The Morgan fingerprint density at radius 3 is 1.00 bits per heavy atom. The molecule has 0 N–H and O–H groups in total.